The van der Waals surface area contributed by atoms with E-state index in [1.165, 1.54) is 19.3 Å². The van der Waals surface area contributed by atoms with E-state index in [0.29, 0.717) is 0 Å². The molecule has 11 heavy (non-hydrogen) atoms. The minimum Gasteiger partial charge on any atom is -0.147 e. The summed E-state index contributed by atoms with van der Waals surface area (Å²) in [4.78, 5) is 0. The molecule has 0 aromatic rings. The van der Waals surface area contributed by atoms with Crippen LogP contribution in [0, 0.1) is 0 Å². The third kappa shape index (κ3) is 79.6. The molecule has 0 N–H and O–H groups in total. The molecule has 0 amide bonds. The second-order valence-electron chi connectivity index (χ2n) is 1.35. The fourth-order valence-electron chi connectivity index (χ4n) is 0.354. The Morgan fingerprint density at radius 3 is 0.727 bits per heavy atom. The van der Waals surface area contributed by atoms with Crippen LogP contribution in [0.25, 0.3) is 0 Å². The van der Waals surface area contributed by atoms with Gasteiger partial charge in [0.1, 0.15) is 0 Å². The van der Waals surface area contributed by atoms with Crippen molar-refractivity contribution >= 4 is 74.4 Å². The summed E-state index contributed by atoms with van der Waals surface area (Å²) >= 11 is 0. The molecule has 0 rings (SSSR count). The molecule has 0 fully saturated rings. The molecule has 0 aliphatic carbocycles. The first kappa shape index (κ1) is 53.3. The fraction of sp³-hybridized carbons (Fsp3) is 1.00. The zero-order chi connectivity index (χ0) is 4.12. The summed E-state index contributed by atoms with van der Waals surface area (Å²) < 4.78 is 0. The molecule has 0 saturated heterocycles. The van der Waals surface area contributed by atoms with E-state index >= 15 is 0 Å². The van der Waals surface area contributed by atoms with Crippen LogP contribution in [0.3, 0.4) is 0 Å². The van der Waals surface area contributed by atoms with Crippen molar-refractivity contribution in [3.05, 3.63) is 0 Å². The van der Waals surface area contributed by atoms with Crippen LogP contribution in [0.15, 0.2) is 0 Å². The Bertz CT molecular complexity index is 18.4. The molecule has 0 aromatic heterocycles. The van der Waals surface area contributed by atoms with Crippen molar-refractivity contribution in [1.82, 2.24) is 0 Å². The molecule has 0 unspecified atom stereocenters. The van der Waals surface area contributed by atoms with Gasteiger partial charge in [-0.15, -0.1) is 74.4 Å². The van der Waals surface area contributed by atoms with Gasteiger partial charge in [-0.2, -0.15) is 0 Å². The lowest BCUT2D eigenvalue weighted by atomic mass is 10.3. The predicted octanol–water partition coefficient (Wildman–Crippen LogP) is 4.73. The summed E-state index contributed by atoms with van der Waals surface area (Å²) in [5, 5.41) is 0. The first-order valence-electron chi connectivity index (χ1n) is 2.41. The number of unbranched alkanes of at least 4 members (excludes halogenated alkanes) is 2. The molecular formula is C5H18Cl6. The third-order valence-corrected chi connectivity index (χ3v) is 0.707. The lowest BCUT2D eigenvalue weighted by Gasteiger charge is -1.79. The number of rotatable bonds is 2. The SMILES string of the molecule is CCCCC.Cl.Cl.Cl.Cl.Cl.Cl. The lowest BCUT2D eigenvalue weighted by Crippen LogP contribution is -1.59. The topological polar surface area (TPSA) is 0 Å². The average Bonchev–Trinajstić information content (AvgIpc) is 1.41. The van der Waals surface area contributed by atoms with Gasteiger partial charge in [0.2, 0.25) is 0 Å². The normalized spacial score (nSPS) is 3.82. The Balaban J connectivity index is -0.00000000533. The molecule has 0 atom stereocenters. The summed E-state index contributed by atoms with van der Waals surface area (Å²) in [6, 6.07) is 0. The number of halogens is 6. The van der Waals surface area contributed by atoms with Crippen LogP contribution in [-0.2, 0) is 0 Å². The smallest absolute Gasteiger partial charge is 0.0538 e. The molecule has 0 aliphatic rings. The van der Waals surface area contributed by atoms with Crippen LogP contribution < -0.4 is 0 Å². The van der Waals surface area contributed by atoms with Gasteiger partial charge in [-0.3, -0.25) is 0 Å². The second kappa shape index (κ2) is 60.3. The van der Waals surface area contributed by atoms with Crippen LogP contribution in [-0.4, -0.2) is 0 Å². The van der Waals surface area contributed by atoms with Crippen molar-refractivity contribution in [3.8, 4) is 0 Å². The van der Waals surface area contributed by atoms with Gasteiger partial charge < -0.3 is 0 Å². The Morgan fingerprint density at radius 2 is 0.727 bits per heavy atom. The van der Waals surface area contributed by atoms with Crippen molar-refractivity contribution in [2.24, 2.45) is 0 Å². The van der Waals surface area contributed by atoms with E-state index in [1.54, 1.807) is 0 Å². The van der Waals surface area contributed by atoms with Crippen molar-refractivity contribution in [3.63, 3.8) is 0 Å². The van der Waals surface area contributed by atoms with Crippen molar-refractivity contribution < 1.29 is 0 Å². The predicted molar refractivity (Wildman–Crippen MR) is 68.7 cm³/mol. The van der Waals surface area contributed by atoms with Crippen LogP contribution >= 0.6 is 74.4 Å². The Hall–Kier alpha value is 1.74. The molecule has 0 nitrogen and oxygen atoms in total. The summed E-state index contributed by atoms with van der Waals surface area (Å²) in [5.74, 6) is 0. The molecule has 0 radical (unpaired) electrons. The molecule has 0 aliphatic heterocycles. The molecule has 0 bridgehead atoms. The van der Waals surface area contributed by atoms with E-state index in [1.807, 2.05) is 0 Å². The maximum absolute atomic E-state index is 2.21. The van der Waals surface area contributed by atoms with Gasteiger partial charge in [0.05, 0.1) is 0 Å². The Labute approximate surface area is 107 Å². The quantitative estimate of drug-likeness (QED) is 0.690. The highest BCUT2D eigenvalue weighted by atomic mass is 35.5. The Morgan fingerprint density at radius 1 is 0.545 bits per heavy atom. The zero-order valence-electron chi connectivity index (χ0n) is 6.57. The van der Waals surface area contributed by atoms with Gasteiger partial charge in [0.25, 0.3) is 0 Å². The van der Waals surface area contributed by atoms with E-state index in [2.05, 4.69) is 13.8 Å². The summed E-state index contributed by atoms with van der Waals surface area (Å²) in [6.45, 7) is 4.42. The maximum Gasteiger partial charge on any atom is -0.0538 e. The van der Waals surface area contributed by atoms with Crippen molar-refractivity contribution in [1.29, 1.82) is 0 Å². The molecule has 0 aromatic carbocycles. The Kier molecular flexibility index (Phi) is 292. The highest BCUT2D eigenvalue weighted by molar-refractivity contribution is 5.86. The number of hydrogen-bond acceptors (Lipinski definition) is 0. The second-order valence-corrected chi connectivity index (χ2v) is 1.35. The minimum atomic E-state index is 0. The van der Waals surface area contributed by atoms with Gasteiger partial charge >= 0.3 is 0 Å². The molecule has 0 saturated carbocycles. The standard InChI is InChI=1S/C5H12.6ClH/c1-3-5-4-2;;;;;;/h3-5H2,1-2H3;6*1H. The van der Waals surface area contributed by atoms with Crippen LogP contribution in [0.5, 0.6) is 0 Å². The molecule has 80 valence electrons. The van der Waals surface area contributed by atoms with E-state index in [0.717, 1.165) is 0 Å². The van der Waals surface area contributed by atoms with Crippen LogP contribution in [0.2, 0.25) is 0 Å². The molecule has 6 heteroatoms. The summed E-state index contributed by atoms with van der Waals surface area (Å²) in [6.07, 6.45) is 4.08. The summed E-state index contributed by atoms with van der Waals surface area (Å²) in [5.41, 5.74) is 0. The molecule has 0 heterocycles. The maximum atomic E-state index is 2.21. The first-order valence-corrected chi connectivity index (χ1v) is 2.41. The van der Waals surface area contributed by atoms with Gasteiger partial charge in [-0.1, -0.05) is 33.1 Å². The van der Waals surface area contributed by atoms with E-state index in [9.17, 15) is 0 Å². The zero-order valence-corrected chi connectivity index (χ0v) is 11.5. The first-order chi connectivity index (χ1) is 2.41. The van der Waals surface area contributed by atoms with Gasteiger partial charge in [0.15, 0.2) is 0 Å². The van der Waals surface area contributed by atoms with Crippen molar-refractivity contribution in [2.75, 3.05) is 0 Å². The average molecular weight is 291 g/mol. The molecular weight excluding hydrogens is 273 g/mol. The van der Waals surface area contributed by atoms with Crippen LogP contribution in [0.4, 0.5) is 0 Å². The fourth-order valence-corrected chi connectivity index (χ4v) is 0.354. The number of hydrogen-bond donors (Lipinski definition) is 0. The highest BCUT2D eigenvalue weighted by Crippen LogP contribution is 1.88. The third-order valence-electron chi connectivity index (χ3n) is 0.707. The lowest BCUT2D eigenvalue weighted by molar-refractivity contribution is 0.772. The van der Waals surface area contributed by atoms with E-state index < -0.39 is 0 Å². The van der Waals surface area contributed by atoms with Gasteiger partial charge in [-0.25, -0.2) is 0 Å². The molecule has 0 spiro atoms. The van der Waals surface area contributed by atoms with Crippen molar-refractivity contribution in [2.45, 2.75) is 33.1 Å². The minimum absolute atomic E-state index is 0. The van der Waals surface area contributed by atoms with Gasteiger partial charge in [0, 0.05) is 0 Å². The van der Waals surface area contributed by atoms with E-state index in [4.69, 9.17) is 0 Å². The summed E-state index contributed by atoms with van der Waals surface area (Å²) in [7, 11) is 0. The monoisotopic (exact) mass is 288 g/mol. The highest BCUT2D eigenvalue weighted by Gasteiger charge is 1.68. The van der Waals surface area contributed by atoms with Gasteiger partial charge in [-0.05, 0) is 0 Å². The van der Waals surface area contributed by atoms with E-state index in [-0.39, 0.29) is 74.4 Å². The largest absolute Gasteiger partial charge is 0.147 e. The van der Waals surface area contributed by atoms with Crippen LogP contribution in [0.1, 0.15) is 33.1 Å².